The highest BCUT2D eigenvalue weighted by molar-refractivity contribution is 4.73. The lowest BCUT2D eigenvalue weighted by Gasteiger charge is -2.30. The van der Waals surface area contributed by atoms with Crippen molar-refractivity contribution in [3.05, 3.63) is 0 Å². The SMILES string of the molecule is CCCC1CCCC(CC(C)C)C1. The first-order chi connectivity index (χ1) is 6.22. The molecule has 1 aliphatic carbocycles. The summed E-state index contributed by atoms with van der Waals surface area (Å²) in [6.45, 7) is 7.05. The molecule has 0 saturated heterocycles. The Morgan fingerprint density at radius 3 is 2.46 bits per heavy atom. The predicted molar refractivity (Wildman–Crippen MR) is 59.8 cm³/mol. The van der Waals surface area contributed by atoms with Gasteiger partial charge in [0.05, 0.1) is 0 Å². The molecule has 1 fully saturated rings. The van der Waals surface area contributed by atoms with E-state index in [1.807, 2.05) is 0 Å². The number of hydrogen-bond donors (Lipinski definition) is 0. The van der Waals surface area contributed by atoms with Crippen LogP contribution in [0.4, 0.5) is 0 Å². The second-order valence-corrected chi connectivity index (χ2v) is 5.32. The van der Waals surface area contributed by atoms with Crippen molar-refractivity contribution in [2.24, 2.45) is 17.8 Å². The molecular weight excluding hydrogens is 156 g/mol. The third-order valence-electron chi connectivity index (χ3n) is 3.39. The first-order valence-corrected chi connectivity index (χ1v) is 6.22. The third-order valence-corrected chi connectivity index (χ3v) is 3.39. The first-order valence-electron chi connectivity index (χ1n) is 6.22. The normalized spacial score (nSPS) is 29.5. The van der Waals surface area contributed by atoms with Crippen molar-refractivity contribution in [1.82, 2.24) is 0 Å². The lowest BCUT2D eigenvalue weighted by atomic mass is 9.76. The summed E-state index contributed by atoms with van der Waals surface area (Å²) in [7, 11) is 0. The molecule has 1 aliphatic rings. The van der Waals surface area contributed by atoms with Crippen LogP contribution in [0.15, 0.2) is 0 Å². The van der Waals surface area contributed by atoms with Gasteiger partial charge < -0.3 is 0 Å². The molecule has 0 N–H and O–H groups in total. The van der Waals surface area contributed by atoms with Gasteiger partial charge in [-0.1, -0.05) is 52.9 Å². The second kappa shape index (κ2) is 5.67. The van der Waals surface area contributed by atoms with E-state index in [0.29, 0.717) is 0 Å². The Labute approximate surface area is 84.1 Å². The monoisotopic (exact) mass is 182 g/mol. The van der Waals surface area contributed by atoms with Crippen LogP contribution in [-0.2, 0) is 0 Å². The minimum absolute atomic E-state index is 0.908. The van der Waals surface area contributed by atoms with Gasteiger partial charge in [0.1, 0.15) is 0 Å². The van der Waals surface area contributed by atoms with E-state index in [4.69, 9.17) is 0 Å². The summed E-state index contributed by atoms with van der Waals surface area (Å²) in [5, 5.41) is 0. The summed E-state index contributed by atoms with van der Waals surface area (Å²) in [6.07, 6.45) is 10.4. The quantitative estimate of drug-likeness (QED) is 0.594. The Morgan fingerprint density at radius 1 is 1.15 bits per heavy atom. The topological polar surface area (TPSA) is 0 Å². The summed E-state index contributed by atoms with van der Waals surface area (Å²) < 4.78 is 0. The van der Waals surface area contributed by atoms with Crippen LogP contribution in [0.25, 0.3) is 0 Å². The lowest BCUT2D eigenvalue weighted by Crippen LogP contribution is -2.16. The molecule has 0 radical (unpaired) electrons. The Bertz CT molecular complexity index is 124. The average molecular weight is 182 g/mol. The van der Waals surface area contributed by atoms with Gasteiger partial charge in [-0.15, -0.1) is 0 Å². The maximum atomic E-state index is 2.36. The van der Waals surface area contributed by atoms with Gasteiger partial charge in [0.2, 0.25) is 0 Å². The molecule has 0 heterocycles. The van der Waals surface area contributed by atoms with Crippen LogP contribution in [0.5, 0.6) is 0 Å². The average Bonchev–Trinajstić information content (AvgIpc) is 2.04. The molecule has 2 atom stereocenters. The van der Waals surface area contributed by atoms with E-state index in [1.54, 1.807) is 0 Å². The highest BCUT2D eigenvalue weighted by atomic mass is 14.3. The van der Waals surface area contributed by atoms with E-state index in [1.165, 1.54) is 44.9 Å². The Morgan fingerprint density at radius 2 is 1.85 bits per heavy atom. The van der Waals surface area contributed by atoms with Gasteiger partial charge in [-0.05, 0) is 30.6 Å². The van der Waals surface area contributed by atoms with Crippen molar-refractivity contribution in [2.75, 3.05) is 0 Å². The largest absolute Gasteiger partial charge is 0.0654 e. The molecule has 0 aliphatic heterocycles. The molecule has 0 bridgehead atoms. The second-order valence-electron chi connectivity index (χ2n) is 5.32. The molecule has 0 spiro atoms. The van der Waals surface area contributed by atoms with Gasteiger partial charge >= 0.3 is 0 Å². The van der Waals surface area contributed by atoms with Gasteiger partial charge in [0, 0.05) is 0 Å². The van der Waals surface area contributed by atoms with Crippen LogP contribution in [0, 0.1) is 17.8 Å². The summed E-state index contributed by atoms with van der Waals surface area (Å²) in [5.41, 5.74) is 0. The Hall–Kier alpha value is 0. The molecule has 1 rings (SSSR count). The van der Waals surface area contributed by atoms with Crippen LogP contribution in [0.2, 0.25) is 0 Å². The maximum absolute atomic E-state index is 2.36. The van der Waals surface area contributed by atoms with Crippen molar-refractivity contribution in [3.8, 4) is 0 Å². The molecule has 1 saturated carbocycles. The molecule has 0 nitrogen and oxygen atoms in total. The molecule has 78 valence electrons. The zero-order valence-electron chi connectivity index (χ0n) is 9.68. The Kier molecular flexibility index (Phi) is 4.83. The highest BCUT2D eigenvalue weighted by Gasteiger charge is 2.21. The molecule has 0 amide bonds. The van der Waals surface area contributed by atoms with E-state index in [-0.39, 0.29) is 0 Å². The smallest absolute Gasteiger partial charge is 0.0409 e. The minimum Gasteiger partial charge on any atom is -0.0654 e. The summed E-state index contributed by atoms with van der Waals surface area (Å²) in [5.74, 6) is 3.04. The summed E-state index contributed by atoms with van der Waals surface area (Å²) in [6, 6.07) is 0. The van der Waals surface area contributed by atoms with Crippen LogP contribution >= 0.6 is 0 Å². The standard InChI is InChI=1S/C13H26/c1-4-6-12-7-5-8-13(10-12)9-11(2)3/h11-13H,4-10H2,1-3H3. The van der Waals surface area contributed by atoms with Crippen molar-refractivity contribution in [2.45, 2.75) is 65.7 Å². The summed E-state index contributed by atoms with van der Waals surface area (Å²) >= 11 is 0. The zero-order chi connectivity index (χ0) is 9.68. The molecule has 0 heteroatoms. The Balaban J connectivity index is 2.24. The first kappa shape index (κ1) is 11.1. The molecule has 0 aromatic rings. The highest BCUT2D eigenvalue weighted by Crippen LogP contribution is 2.34. The van der Waals surface area contributed by atoms with Crippen molar-refractivity contribution in [3.63, 3.8) is 0 Å². The molecular formula is C13H26. The predicted octanol–water partition coefficient (Wildman–Crippen LogP) is 4.64. The fraction of sp³-hybridized carbons (Fsp3) is 1.00. The van der Waals surface area contributed by atoms with Gasteiger partial charge in [-0.3, -0.25) is 0 Å². The van der Waals surface area contributed by atoms with E-state index in [9.17, 15) is 0 Å². The maximum Gasteiger partial charge on any atom is -0.0409 e. The van der Waals surface area contributed by atoms with Crippen LogP contribution in [-0.4, -0.2) is 0 Å². The van der Waals surface area contributed by atoms with Crippen LogP contribution in [0.1, 0.15) is 65.7 Å². The van der Waals surface area contributed by atoms with Crippen LogP contribution < -0.4 is 0 Å². The van der Waals surface area contributed by atoms with E-state index in [2.05, 4.69) is 20.8 Å². The lowest BCUT2D eigenvalue weighted by molar-refractivity contribution is 0.226. The molecule has 2 unspecified atom stereocenters. The van der Waals surface area contributed by atoms with Gasteiger partial charge in [0.25, 0.3) is 0 Å². The third kappa shape index (κ3) is 4.15. The summed E-state index contributed by atoms with van der Waals surface area (Å²) in [4.78, 5) is 0. The number of rotatable bonds is 4. The number of hydrogen-bond acceptors (Lipinski definition) is 0. The van der Waals surface area contributed by atoms with E-state index in [0.717, 1.165) is 17.8 Å². The van der Waals surface area contributed by atoms with Crippen LogP contribution in [0.3, 0.4) is 0 Å². The van der Waals surface area contributed by atoms with Crippen molar-refractivity contribution in [1.29, 1.82) is 0 Å². The fourth-order valence-corrected chi connectivity index (χ4v) is 2.95. The van der Waals surface area contributed by atoms with Gasteiger partial charge in [-0.2, -0.15) is 0 Å². The zero-order valence-corrected chi connectivity index (χ0v) is 9.68. The van der Waals surface area contributed by atoms with E-state index >= 15 is 0 Å². The minimum atomic E-state index is 0.908. The van der Waals surface area contributed by atoms with E-state index < -0.39 is 0 Å². The molecule has 0 aromatic heterocycles. The van der Waals surface area contributed by atoms with Crippen molar-refractivity contribution >= 4 is 0 Å². The molecule has 13 heavy (non-hydrogen) atoms. The fourth-order valence-electron chi connectivity index (χ4n) is 2.95. The van der Waals surface area contributed by atoms with Crippen molar-refractivity contribution < 1.29 is 0 Å². The molecule has 0 aromatic carbocycles. The van der Waals surface area contributed by atoms with Gasteiger partial charge in [-0.25, -0.2) is 0 Å². The van der Waals surface area contributed by atoms with Gasteiger partial charge in [0.15, 0.2) is 0 Å².